The van der Waals surface area contributed by atoms with Crippen molar-refractivity contribution in [3.63, 3.8) is 0 Å². The van der Waals surface area contributed by atoms with Gasteiger partial charge in [0.1, 0.15) is 17.5 Å². The van der Waals surface area contributed by atoms with E-state index in [1.54, 1.807) is 38.5 Å². The molecule has 3 N–H and O–H groups in total. The Morgan fingerprint density at radius 3 is 2.66 bits per heavy atom. The van der Waals surface area contributed by atoms with E-state index in [9.17, 15) is 9.90 Å². The number of likely N-dealkylation sites (tertiary alicyclic amines) is 1. The average Bonchev–Trinajstić information content (AvgIpc) is 2.80. The quantitative estimate of drug-likeness (QED) is 0.620. The number of methoxy groups -OCH3 is 2. The Morgan fingerprint density at radius 1 is 1.16 bits per heavy atom. The Balaban J connectivity index is 1.64. The standard InChI is InChI=1S/C25H31ClN2O4/c1-31-19-10-11-22(32-2)20(15-19)24-21-5-3-4-12-25(21,30)13-14-28(24)16-23(29)27-18-8-6-17(26)7-9-18/h6-11,15,21,24,30H,3-5,12-14,16H2,1-2H3,(H,27,29)/p+1/t21-,24+,25-/m1/s1. The van der Waals surface area contributed by atoms with Gasteiger partial charge in [-0.15, -0.1) is 0 Å². The van der Waals surface area contributed by atoms with Crippen LogP contribution >= 0.6 is 11.6 Å². The lowest BCUT2D eigenvalue weighted by Crippen LogP contribution is -3.16. The number of fused-ring (bicyclic) bond motifs is 1. The van der Waals surface area contributed by atoms with E-state index >= 15 is 0 Å². The summed E-state index contributed by atoms with van der Waals surface area (Å²) in [5.74, 6) is 1.51. The third-order valence-corrected chi connectivity index (χ3v) is 7.33. The first kappa shape index (κ1) is 22.9. The largest absolute Gasteiger partial charge is 0.497 e. The highest BCUT2D eigenvalue weighted by Crippen LogP contribution is 2.46. The van der Waals surface area contributed by atoms with Gasteiger partial charge >= 0.3 is 0 Å². The van der Waals surface area contributed by atoms with Crippen LogP contribution in [-0.2, 0) is 4.79 Å². The zero-order chi connectivity index (χ0) is 22.7. The highest BCUT2D eigenvalue weighted by Gasteiger charge is 2.52. The minimum absolute atomic E-state index is 0.0596. The van der Waals surface area contributed by atoms with Crippen molar-refractivity contribution in [2.75, 3.05) is 32.6 Å². The molecule has 1 saturated heterocycles. The van der Waals surface area contributed by atoms with E-state index in [1.165, 1.54) is 0 Å². The van der Waals surface area contributed by atoms with E-state index in [2.05, 4.69) is 5.32 Å². The lowest BCUT2D eigenvalue weighted by Gasteiger charge is -2.50. The Morgan fingerprint density at radius 2 is 1.94 bits per heavy atom. The molecule has 7 heteroatoms. The van der Waals surface area contributed by atoms with E-state index in [4.69, 9.17) is 21.1 Å². The van der Waals surface area contributed by atoms with Crippen molar-refractivity contribution >= 4 is 23.2 Å². The molecule has 4 atom stereocenters. The number of nitrogens with one attached hydrogen (secondary N) is 2. The summed E-state index contributed by atoms with van der Waals surface area (Å²) >= 11 is 5.96. The second-order valence-corrected chi connectivity index (χ2v) is 9.37. The SMILES string of the molecule is COc1ccc(OC)c([C@H]2[C@H]3CCCC[C@@]3(O)CC[NH+]2CC(=O)Nc2ccc(Cl)cc2)c1. The van der Waals surface area contributed by atoms with E-state index in [1.807, 2.05) is 18.2 Å². The molecule has 2 aromatic carbocycles. The summed E-state index contributed by atoms with van der Waals surface area (Å²) in [4.78, 5) is 14.1. The second-order valence-electron chi connectivity index (χ2n) is 8.93. The van der Waals surface area contributed by atoms with Gasteiger partial charge in [0.05, 0.1) is 31.9 Å². The predicted molar refractivity (Wildman–Crippen MR) is 125 cm³/mol. The molecule has 32 heavy (non-hydrogen) atoms. The summed E-state index contributed by atoms with van der Waals surface area (Å²) < 4.78 is 11.2. The molecule has 0 bridgehead atoms. The maximum Gasteiger partial charge on any atom is 0.279 e. The van der Waals surface area contributed by atoms with Gasteiger partial charge in [0.15, 0.2) is 6.54 Å². The Kier molecular flexibility index (Phi) is 6.93. The number of hydrogen-bond acceptors (Lipinski definition) is 4. The fourth-order valence-electron chi connectivity index (χ4n) is 5.52. The molecular formula is C25H32ClN2O4+. The van der Waals surface area contributed by atoms with Crippen molar-refractivity contribution in [1.29, 1.82) is 0 Å². The summed E-state index contributed by atoms with van der Waals surface area (Å²) in [5, 5.41) is 15.1. The molecule has 172 valence electrons. The highest BCUT2D eigenvalue weighted by molar-refractivity contribution is 6.30. The smallest absolute Gasteiger partial charge is 0.279 e. The first-order valence-electron chi connectivity index (χ1n) is 11.3. The number of carbonyl (C=O) groups is 1. The Hall–Kier alpha value is -2.28. The molecule has 1 heterocycles. The number of rotatable bonds is 6. The zero-order valence-corrected chi connectivity index (χ0v) is 19.5. The van der Waals surface area contributed by atoms with Gasteiger partial charge in [0, 0.05) is 23.0 Å². The number of amides is 1. The van der Waals surface area contributed by atoms with Gasteiger partial charge in [-0.2, -0.15) is 0 Å². The van der Waals surface area contributed by atoms with Gasteiger partial charge in [0.2, 0.25) is 0 Å². The maximum atomic E-state index is 13.0. The lowest BCUT2D eigenvalue weighted by molar-refractivity contribution is -0.937. The summed E-state index contributed by atoms with van der Waals surface area (Å²) in [6.45, 7) is 1.02. The molecule has 4 rings (SSSR count). The number of anilines is 1. The third-order valence-electron chi connectivity index (χ3n) is 7.07. The molecule has 0 radical (unpaired) electrons. The van der Waals surface area contributed by atoms with Crippen LogP contribution < -0.4 is 19.7 Å². The number of carbonyl (C=O) groups excluding carboxylic acids is 1. The van der Waals surface area contributed by atoms with Crippen molar-refractivity contribution in [2.24, 2.45) is 5.92 Å². The van der Waals surface area contributed by atoms with Crippen LogP contribution in [0, 0.1) is 5.92 Å². The molecule has 0 spiro atoms. The third kappa shape index (κ3) is 4.72. The van der Waals surface area contributed by atoms with Gasteiger partial charge in [0.25, 0.3) is 5.91 Å². The number of aliphatic hydroxyl groups is 1. The minimum atomic E-state index is -0.701. The van der Waals surface area contributed by atoms with Crippen LogP contribution in [-0.4, -0.2) is 43.9 Å². The predicted octanol–water partition coefficient (Wildman–Crippen LogP) is 3.25. The number of hydrogen-bond donors (Lipinski definition) is 3. The number of benzene rings is 2. The van der Waals surface area contributed by atoms with Crippen molar-refractivity contribution in [3.8, 4) is 11.5 Å². The average molecular weight is 460 g/mol. The summed E-state index contributed by atoms with van der Waals surface area (Å²) in [5.41, 5.74) is 1.01. The monoisotopic (exact) mass is 459 g/mol. The normalized spacial score (nSPS) is 27.3. The fourth-order valence-corrected chi connectivity index (χ4v) is 5.64. The molecule has 6 nitrogen and oxygen atoms in total. The van der Waals surface area contributed by atoms with Crippen molar-refractivity contribution in [1.82, 2.24) is 0 Å². The van der Waals surface area contributed by atoms with Gasteiger partial charge < -0.3 is 24.8 Å². The molecule has 2 aliphatic rings. The van der Waals surface area contributed by atoms with Crippen molar-refractivity contribution in [2.45, 2.75) is 43.7 Å². The van der Waals surface area contributed by atoms with E-state index < -0.39 is 5.60 Å². The van der Waals surface area contributed by atoms with Crippen LogP contribution in [0.1, 0.15) is 43.7 Å². The maximum absolute atomic E-state index is 13.0. The molecular weight excluding hydrogens is 428 g/mol. The summed E-state index contributed by atoms with van der Waals surface area (Å²) in [6.07, 6.45) is 4.57. The van der Waals surface area contributed by atoms with Gasteiger partial charge in [-0.05, 0) is 55.3 Å². The van der Waals surface area contributed by atoms with Crippen LogP contribution in [0.2, 0.25) is 5.02 Å². The van der Waals surface area contributed by atoms with E-state index in [0.717, 1.165) is 53.3 Å². The molecule has 2 fully saturated rings. The van der Waals surface area contributed by atoms with Gasteiger partial charge in [-0.25, -0.2) is 0 Å². The van der Waals surface area contributed by atoms with Crippen LogP contribution in [0.15, 0.2) is 42.5 Å². The highest BCUT2D eigenvalue weighted by atomic mass is 35.5. The van der Waals surface area contributed by atoms with Crippen LogP contribution in [0.25, 0.3) is 0 Å². The molecule has 1 aliphatic heterocycles. The molecule has 1 unspecified atom stereocenters. The number of quaternary nitrogens is 1. The molecule has 2 aromatic rings. The second kappa shape index (κ2) is 9.69. The topological polar surface area (TPSA) is 72.2 Å². The van der Waals surface area contributed by atoms with E-state index in [0.29, 0.717) is 24.5 Å². The van der Waals surface area contributed by atoms with Gasteiger partial charge in [-0.3, -0.25) is 4.79 Å². The van der Waals surface area contributed by atoms with Crippen molar-refractivity contribution < 1.29 is 24.3 Å². The van der Waals surface area contributed by atoms with Crippen molar-refractivity contribution in [3.05, 3.63) is 53.1 Å². The molecule has 1 aliphatic carbocycles. The number of halogens is 1. The van der Waals surface area contributed by atoms with E-state index in [-0.39, 0.29) is 17.9 Å². The molecule has 1 amide bonds. The first-order chi connectivity index (χ1) is 15.4. The first-order valence-corrected chi connectivity index (χ1v) is 11.7. The summed E-state index contributed by atoms with van der Waals surface area (Å²) in [6, 6.07) is 12.9. The fraction of sp³-hybridized carbons (Fsp3) is 0.480. The Bertz CT molecular complexity index is 951. The summed E-state index contributed by atoms with van der Waals surface area (Å²) in [7, 11) is 3.31. The Labute approximate surface area is 194 Å². The van der Waals surface area contributed by atoms with Crippen LogP contribution in [0.4, 0.5) is 5.69 Å². The van der Waals surface area contributed by atoms with Crippen LogP contribution in [0.3, 0.4) is 0 Å². The lowest BCUT2D eigenvalue weighted by atomic mass is 9.66. The molecule has 0 aromatic heterocycles. The van der Waals surface area contributed by atoms with Crippen LogP contribution in [0.5, 0.6) is 11.5 Å². The number of ether oxygens (including phenoxy) is 2. The molecule has 1 saturated carbocycles. The van der Waals surface area contributed by atoms with Gasteiger partial charge in [-0.1, -0.05) is 24.4 Å². The number of piperidine rings is 1. The minimum Gasteiger partial charge on any atom is -0.497 e. The zero-order valence-electron chi connectivity index (χ0n) is 18.7.